The SMILES string of the molecule is c1ccc(-c2ccc(-c3ccc(N(c4ccc(-c5ccc(-c6ccccc6)cc5)cc4)c4ccc5c(c4)c(-c4ccccc4)c(-c4ccccc4)c4ccccc45)cc3)cc2)cc1. The first-order chi connectivity index (χ1) is 31.2. The van der Waals surface area contributed by atoms with Gasteiger partial charge in [-0.15, -0.1) is 0 Å². The number of nitrogens with zero attached hydrogens (tertiary/aromatic N) is 1. The smallest absolute Gasteiger partial charge is 0.0468 e. The van der Waals surface area contributed by atoms with Crippen molar-refractivity contribution in [2.24, 2.45) is 0 Å². The Labute approximate surface area is 369 Å². The molecular weight excluding hydrogens is 759 g/mol. The van der Waals surface area contributed by atoms with Gasteiger partial charge in [-0.2, -0.15) is 0 Å². The van der Waals surface area contributed by atoms with Crippen molar-refractivity contribution in [3.8, 4) is 66.8 Å². The molecule has 0 unspecified atom stereocenters. The molecule has 0 saturated heterocycles. The Morgan fingerprint density at radius 2 is 0.444 bits per heavy atom. The molecule has 11 aromatic carbocycles. The second-order valence-corrected chi connectivity index (χ2v) is 16.1. The van der Waals surface area contributed by atoms with Crippen molar-refractivity contribution in [3.05, 3.63) is 261 Å². The van der Waals surface area contributed by atoms with E-state index in [0.29, 0.717) is 0 Å². The minimum absolute atomic E-state index is 1.09. The van der Waals surface area contributed by atoms with Crippen molar-refractivity contribution in [1.82, 2.24) is 0 Å². The molecule has 0 aliphatic heterocycles. The van der Waals surface area contributed by atoms with E-state index in [9.17, 15) is 0 Å². The lowest BCUT2D eigenvalue weighted by atomic mass is 9.85. The van der Waals surface area contributed by atoms with Crippen molar-refractivity contribution in [2.75, 3.05) is 4.90 Å². The van der Waals surface area contributed by atoms with Crippen LogP contribution in [0.2, 0.25) is 0 Å². The lowest BCUT2D eigenvalue weighted by Crippen LogP contribution is -2.10. The first-order valence-corrected chi connectivity index (χ1v) is 21.7. The highest BCUT2D eigenvalue weighted by Gasteiger charge is 2.20. The Morgan fingerprint density at radius 1 is 0.175 bits per heavy atom. The number of hydrogen-bond donors (Lipinski definition) is 0. The van der Waals surface area contributed by atoms with Crippen LogP contribution in [0.15, 0.2) is 261 Å². The third-order valence-corrected chi connectivity index (χ3v) is 12.3. The van der Waals surface area contributed by atoms with Gasteiger partial charge >= 0.3 is 0 Å². The Balaban J connectivity index is 1.05. The van der Waals surface area contributed by atoms with Crippen molar-refractivity contribution in [2.45, 2.75) is 0 Å². The van der Waals surface area contributed by atoms with E-state index >= 15 is 0 Å². The summed E-state index contributed by atoms with van der Waals surface area (Å²) in [6.45, 7) is 0. The van der Waals surface area contributed by atoms with E-state index in [1.807, 2.05) is 0 Å². The molecular formula is C62H43N. The zero-order valence-corrected chi connectivity index (χ0v) is 34.8. The fourth-order valence-corrected chi connectivity index (χ4v) is 9.15. The number of hydrogen-bond acceptors (Lipinski definition) is 1. The standard InChI is InChI=1S/C62H43N/c1-5-15-44(16-6-1)46-25-29-48(30-26-46)50-33-37-54(38-34-50)63(55-39-35-51(36-40-55)49-31-27-47(28-32-49)45-17-7-2-8-18-45)56-41-42-58-57-23-13-14-24-59(57)61(52-19-9-3-10-20-52)62(60(58)43-56)53-21-11-4-12-22-53/h1-43H. The molecule has 0 bridgehead atoms. The van der Waals surface area contributed by atoms with Gasteiger partial charge in [0.2, 0.25) is 0 Å². The molecule has 0 aromatic heterocycles. The van der Waals surface area contributed by atoms with E-state index in [2.05, 4.69) is 266 Å². The third kappa shape index (κ3) is 7.37. The molecule has 0 spiro atoms. The summed E-state index contributed by atoms with van der Waals surface area (Å²) in [6.07, 6.45) is 0. The van der Waals surface area contributed by atoms with Crippen LogP contribution in [0, 0.1) is 0 Å². The predicted octanol–water partition coefficient (Wildman–Crippen LogP) is 17.5. The van der Waals surface area contributed by atoms with E-state index in [0.717, 1.165) is 17.1 Å². The molecule has 0 atom stereocenters. The second-order valence-electron chi connectivity index (χ2n) is 16.1. The molecule has 0 aliphatic carbocycles. The molecule has 63 heavy (non-hydrogen) atoms. The molecule has 1 nitrogen and oxygen atoms in total. The largest absolute Gasteiger partial charge is 0.310 e. The van der Waals surface area contributed by atoms with Crippen LogP contribution in [-0.4, -0.2) is 0 Å². The average Bonchev–Trinajstić information content (AvgIpc) is 3.37. The Morgan fingerprint density at radius 3 is 0.841 bits per heavy atom. The van der Waals surface area contributed by atoms with Crippen LogP contribution >= 0.6 is 0 Å². The van der Waals surface area contributed by atoms with Gasteiger partial charge in [-0.25, -0.2) is 0 Å². The number of rotatable bonds is 9. The predicted molar refractivity (Wildman–Crippen MR) is 269 cm³/mol. The molecule has 1 heteroatoms. The van der Waals surface area contributed by atoms with E-state index in [-0.39, 0.29) is 0 Å². The molecule has 0 N–H and O–H groups in total. The first-order valence-electron chi connectivity index (χ1n) is 21.7. The summed E-state index contributed by atoms with van der Waals surface area (Å²) in [5.74, 6) is 0. The maximum absolute atomic E-state index is 2.41. The monoisotopic (exact) mass is 801 g/mol. The number of anilines is 3. The van der Waals surface area contributed by atoms with Gasteiger partial charge in [-0.05, 0) is 125 Å². The molecule has 0 amide bonds. The molecule has 11 rings (SSSR count). The van der Waals surface area contributed by atoms with Gasteiger partial charge in [0.25, 0.3) is 0 Å². The topological polar surface area (TPSA) is 3.24 Å². The summed E-state index contributed by atoms with van der Waals surface area (Å²) in [7, 11) is 0. The van der Waals surface area contributed by atoms with Crippen LogP contribution in [0.3, 0.4) is 0 Å². The summed E-state index contributed by atoms with van der Waals surface area (Å²) in [5.41, 5.74) is 17.8. The molecule has 0 saturated carbocycles. The fraction of sp³-hybridized carbons (Fsp3) is 0. The van der Waals surface area contributed by atoms with E-state index in [4.69, 9.17) is 0 Å². The van der Waals surface area contributed by atoms with Crippen LogP contribution in [0.1, 0.15) is 0 Å². The maximum Gasteiger partial charge on any atom is 0.0468 e. The van der Waals surface area contributed by atoms with Gasteiger partial charge < -0.3 is 4.90 Å². The van der Waals surface area contributed by atoms with E-state index in [1.54, 1.807) is 0 Å². The van der Waals surface area contributed by atoms with Gasteiger partial charge in [0.15, 0.2) is 0 Å². The summed E-state index contributed by atoms with van der Waals surface area (Å²) in [4.78, 5) is 2.40. The lowest BCUT2D eigenvalue weighted by molar-refractivity contribution is 1.29. The summed E-state index contributed by atoms with van der Waals surface area (Å²) >= 11 is 0. The molecule has 11 aromatic rings. The van der Waals surface area contributed by atoms with Crippen LogP contribution < -0.4 is 4.90 Å². The molecule has 0 heterocycles. The Hall–Kier alpha value is -8.26. The highest BCUT2D eigenvalue weighted by Crippen LogP contribution is 2.47. The molecule has 0 fully saturated rings. The zero-order valence-electron chi connectivity index (χ0n) is 34.8. The van der Waals surface area contributed by atoms with Gasteiger partial charge in [-0.3, -0.25) is 0 Å². The minimum atomic E-state index is 1.09. The van der Waals surface area contributed by atoms with Gasteiger partial charge in [0, 0.05) is 17.1 Å². The first kappa shape index (κ1) is 37.7. The van der Waals surface area contributed by atoms with Crippen LogP contribution in [0.25, 0.3) is 88.3 Å². The fourth-order valence-electron chi connectivity index (χ4n) is 9.15. The molecule has 0 radical (unpaired) electrons. The van der Waals surface area contributed by atoms with Gasteiger partial charge in [-0.1, -0.05) is 224 Å². The van der Waals surface area contributed by atoms with Crippen molar-refractivity contribution >= 4 is 38.6 Å². The summed E-state index contributed by atoms with van der Waals surface area (Å²) in [6, 6.07) is 94.6. The molecule has 0 aliphatic rings. The van der Waals surface area contributed by atoms with Crippen molar-refractivity contribution in [1.29, 1.82) is 0 Å². The summed E-state index contributed by atoms with van der Waals surface area (Å²) < 4.78 is 0. The van der Waals surface area contributed by atoms with Gasteiger partial charge in [0.05, 0.1) is 0 Å². The Kier molecular flexibility index (Phi) is 9.97. The van der Waals surface area contributed by atoms with Crippen molar-refractivity contribution < 1.29 is 0 Å². The lowest BCUT2D eigenvalue weighted by Gasteiger charge is -2.27. The van der Waals surface area contributed by atoms with Crippen LogP contribution in [0.5, 0.6) is 0 Å². The number of fused-ring (bicyclic) bond motifs is 3. The molecule has 296 valence electrons. The quantitative estimate of drug-likeness (QED) is 0.131. The van der Waals surface area contributed by atoms with Gasteiger partial charge in [0.1, 0.15) is 0 Å². The minimum Gasteiger partial charge on any atom is -0.310 e. The zero-order chi connectivity index (χ0) is 42.0. The van der Waals surface area contributed by atoms with E-state index in [1.165, 1.54) is 88.3 Å². The third-order valence-electron chi connectivity index (χ3n) is 12.3. The number of benzene rings is 11. The van der Waals surface area contributed by atoms with Crippen LogP contribution in [0.4, 0.5) is 17.1 Å². The second kappa shape index (κ2) is 16.7. The van der Waals surface area contributed by atoms with Crippen LogP contribution in [-0.2, 0) is 0 Å². The average molecular weight is 802 g/mol. The van der Waals surface area contributed by atoms with E-state index < -0.39 is 0 Å². The highest BCUT2D eigenvalue weighted by molar-refractivity contribution is 6.22. The maximum atomic E-state index is 2.41. The summed E-state index contributed by atoms with van der Waals surface area (Å²) in [5, 5.41) is 4.94. The normalized spacial score (nSPS) is 11.2. The Bertz CT molecular complexity index is 3180. The highest BCUT2D eigenvalue weighted by atomic mass is 15.1. The van der Waals surface area contributed by atoms with Crippen molar-refractivity contribution in [3.63, 3.8) is 0 Å².